The molecule has 0 aromatic heterocycles. The first kappa shape index (κ1) is 18.8. The van der Waals surface area contributed by atoms with E-state index in [9.17, 15) is 0 Å². The molecule has 1 N–H and O–H groups in total. The van der Waals surface area contributed by atoms with E-state index in [2.05, 4.69) is 67.2 Å². The summed E-state index contributed by atoms with van der Waals surface area (Å²) in [6.07, 6.45) is 2.62. The SMILES string of the molecule is CCNC(=NCC1CCCN(CC)C1)N(C)Cc1ccc(C)cc1. The number of nitrogens with one attached hydrogen (secondary N) is 1. The van der Waals surface area contributed by atoms with Crippen LogP contribution in [0.4, 0.5) is 0 Å². The maximum absolute atomic E-state index is 4.92. The highest BCUT2D eigenvalue weighted by Crippen LogP contribution is 2.16. The van der Waals surface area contributed by atoms with Crippen LogP contribution >= 0.6 is 0 Å². The van der Waals surface area contributed by atoms with E-state index < -0.39 is 0 Å². The molecule has 134 valence electrons. The van der Waals surface area contributed by atoms with E-state index in [0.29, 0.717) is 5.92 Å². The van der Waals surface area contributed by atoms with E-state index in [0.717, 1.165) is 32.1 Å². The number of hydrogen-bond acceptors (Lipinski definition) is 2. The fraction of sp³-hybridized carbons (Fsp3) is 0.650. The third kappa shape index (κ3) is 5.82. The highest BCUT2D eigenvalue weighted by atomic mass is 15.3. The molecule has 0 radical (unpaired) electrons. The van der Waals surface area contributed by atoms with Gasteiger partial charge in [-0.2, -0.15) is 0 Å². The molecule has 4 heteroatoms. The van der Waals surface area contributed by atoms with Crippen molar-refractivity contribution < 1.29 is 0 Å². The lowest BCUT2D eigenvalue weighted by molar-refractivity contribution is 0.186. The van der Waals surface area contributed by atoms with Gasteiger partial charge in [-0.25, -0.2) is 0 Å². The van der Waals surface area contributed by atoms with Crippen molar-refractivity contribution in [3.63, 3.8) is 0 Å². The summed E-state index contributed by atoms with van der Waals surface area (Å²) >= 11 is 0. The first-order chi connectivity index (χ1) is 11.6. The summed E-state index contributed by atoms with van der Waals surface area (Å²) in [7, 11) is 2.13. The van der Waals surface area contributed by atoms with E-state index in [1.807, 2.05) is 0 Å². The predicted octanol–water partition coefficient (Wildman–Crippen LogP) is 3.12. The van der Waals surface area contributed by atoms with Gasteiger partial charge in [0.2, 0.25) is 0 Å². The fourth-order valence-electron chi connectivity index (χ4n) is 3.32. The number of rotatable bonds is 6. The largest absolute Gasteiger partial charge is 0.357 e. The molecule has 1 aliphatic rings. The second-order valence-corrected chi connectivity index (χ2v) is 6.94. The Morgan fingerprint density at radius 2 is 2.04 bits per heavy atom. The summed E-state index contributed by atoms with van der Waals surface area (Å²) in [4.78, 5) is 9.70. The summed E-state index contributed by atoms with van der Waals surface area (Å²) < 4.78 is 0. The van der Waals surface area contributed by atoms with Gasteiger partial charge < -0.3 is 15.1 Å². The van der Waals surface area contributed by atoms with Crippen molar-refractivity contribution in [1.29, 1.82) is 0 Å². The van der Waals surface area contributed by atoms with Crippen LogP contribution in [0, 0.1) is 12.8 Å². The zero-order valence-corrected chi connectivity index (χ0v) is 15.9. The maximum Gasteiger partial charge on any atom is 0.193 e. The van der Waals surface area contributed by atoms with Crippen molar-refractivity contribution in [2.75, 3.05) is 39.8 Å². The molecule has 24 heavy (non-hydrogen) atoms. The van der Waals surface area contributed by atoms with Gasteiger partial charge in [-0.3, -0.25) is 4.99 Å². The summed E-state index contributed by atoms with van der Waals surface area (Å²) in [6, 6.07) is 8.76. The van der Waals surface area contributed by atoms with Gasteiger partial charge in [0.15, 0.2) is 5.96 Å². The topological polar surface area (TPSA) is 30.9 Å². The molecule has 1 fully saturated rings. The Kier molecular flexibility index (Phi) is 7.57. The molecular formula is C20H34N4. The minimum Gasteiger partial charge on any atom is -0.357 e. The molecule has 0 saturated carbocycles. The number of aryl methyl sites for hydroxylation is 1. The molecule has 4 nitrogen and oxygen atoms in total. The van der Waals surface area contributed by atoms with Gasteiger partial charge in [0.1, 0.15) is 0 Å². The maximum atomic E-state index is 4.92. The van der Waals surface area contributed by atoms with Crippen molar-refractivity contribution in [3.05, 3.63) is 35.4 Å². The van der Waals surface area contributed by atoms with Crippen LogP contribution in [0.3, 0.4) is 0 Å². The van der Waals surface area contributed by atoms with E-state index in [1.54, 1.807) is 0 Å². The number of benzene rings is 1. The van der Waals surface area contributed by atoms with Gasteiger partial charge in [0, 0.05) is 33.2 Å². The third-order valence-electron chi connectivity index (χ3n) is 4.79. The predicted molar refractivity (Wildman–Crippen MR) is 103 cm³/mol. The van der Waals surface area contributed by atoms with Crippen LogP contribution in [0.1, 0.15) is 37.8 Å². The molecule has 0 amide bonds. The summed E-state index contributed by atoms with van der Waals surface area (Å²) in [5.41, 5.74) is 2.63. The number of likely N-dealkylation sites (tertiary alicyclic amines) is 1. The fourth-order valence-corrected chi connectivity index (χ4v) is 3.32. The van der Waals surface area contributed by atoms with Crippen LogP contribution in [0.15, 0.2) is 29.3 Å². The Balaban J connectivity index is 1.94. The summed E-state index contributed by atoms with van der Waals surface area (Å²) in [5.74, 6) is 1.71. The van der Waals surface area contributed by atoms with Crippen LogP contribution in [0.2, 0.25) is 0 Å². The molecular weight excluding hydrogens is 296 g/mol. The van der Waals surface area contributed by atoms with Crippen LogP contribution < -0.4 is 5.32 Å². The molecule has 1 unspecified atom stereocenters. The highest BCUT2D eigenvalue weighted by molar-refractivity contribution is 5.79. The quantitative estimate of drug-likeness (QED) is 0.642. The van der Waals surface area contributed by atoms with Crippen molar-refractivity contribution in [3.8, 4) is 0 Å². The molecule has 1 aromatic carbocycles. The first-order valence-electron chi connectivity index (χ1n) is 9.39. The Hall–Kier alpha value is -1.55. The first-order valence-corrected chi connectivity index (χ1v) is 9.39. The zero-order chi connectivity index (χ0) is 17.4. The smallest absolute Gasteiger partial charge is 0.193 e. The number of guanidine groups is 1. The van der Waals surface area contributed by atoms with E-state index in [-0.39, 0.29) is 0 Å². The average molecular weight is 331 g/mol. The van der Waals surface area contributed by atoms with Crippen molar-refractivity contribution in [1.82, 2.24) is 15.1 Å². The minimum atomic E-state index is 0.695. The molecule has 0 aliphatic carbocycles. The van der Waals surface area contributed by atoms with Gasteiger partial charge in [0.25, 0.3) is 0 Å². The Labute approximate surface area is 147 Å². The Bertz CT molecular complexity index is 509. The standard InChI is InChI=1S/C20H34N4/c1-5-21-20(22-14-19-8-7-13-24(6-2)16-19)23(4)15-18-11-9-17(3)10-12-18/h9-12,19H,5-8,13-16H2,1-4H3,(H,21,22). The summed E-state index contributed by atoms with van der Waals surface area (Å²) in [6.45, 7) is 12.8. The Morgan fingerprint density at radius 1 is 1.29 bits per heavy atom. The third-order valence-corrected chi connectivity index (χ3v) is 4.79. The van der Waals surface area contributed by atoms with Crippen molar-refractivity contribution in [2.45, 2.75) is 40.2 Å². The van der Waals surface area contributed by atoms with Crippen LogP contribution in [-0.2, 0) is 6.54 Å². The molecule has 1 atom stereocenters. The number of piperidine rings is 1. The molecule has 1 aromatic rings. The van der Waals surface area contributed by atoms with Gasteiger partial charge in [0.05, 0.1) is 0 Å². The minimum absolute atomic E-state index is 0.695. The normalized spacial score (nSPS) is 19.3. The molecule has 1 heterocycles. The second-order valence-electron chi connectivity index (χ2n) is 6.94. The van der Waals surface area contributed by atoms with Crippen LogP contribution in [0.25, 0.3) is 0 Å². The number of hydrogen-bond donors (Lipinski definition) is 1. The molecule has 0 bridgehead atoms. The average Bonchev–Trinajstić information content (AvgIpc) is 2.60. The van der Waals surface area contributed by atoms with Crippen LogP contribution in [-0.4, -0.2) is 55.5 Å². The molecule has 2 rings (SSSR count). The van der Waals surface area contributed by atoms with E-state index >= 15 is 0 Å². The van der Waals surface area contributed by atoms with Gasteiger partial charge in [-0.15, -0.1) is 0 Å². The molecule has 1 saturated heterocycles. The lowest BCUT2D eigenvalue weighted by Gasteiger charge is -2.31. The van der Waals surface area contributed by atoms with E-state index in [4.69, 9.17) is 4.99 Å². The lowest BCUT2D eigenvalue weighted by Crippen LogP contribution is -2.40. The molecule has 1 aliphatic heterocycles. The number of aliphatic imine (C=N–C) groups is 1. The monoisotopic (exact) mass is 330 g/mol. The van der Waals surface area contributed by atoms with E-state index in [1.165, 1.54) is 37.1 Å². The van der Waals surface area contributed by atoms with Crippen molar-refractivity contribution in [2.24, 2.45) is 10.9 Å². The second kappa shape index (κ2) is 9.67. The van der Waals surface area contributed by atoms with Gasteiger partial charge >= 0.3 is 0 Å². The van der Waals surface area contributed by atoms with Crippen LogP contribution in [0.5, 0.6) is 0 Å². The lowest BCUT2D eigenvalue weighted by atomic mass is 9.98. The highest BCUT2D eigenvalue weighted by Gasteiger charge is 2.18. The zero-order valence-electron chi connectivity index (χ0n) is 15.9. The number of nitrogens with zero attached hydrogens (tertiary/aromatic N) is 3. The van der Waals surface area contributed by atoms with Gasteiger partial charge in [-0.1, -0.05) is 36.8 Å². The Morgan fingerprint density at radius 3 is 2.71 bits per heavy atom. The molecule has 0 spiro atoms. The summed E-state index contributed by atoms with van der Waals surface area (Å²) in [5, 5.41) is 3.44. The van der Waals surface area contributed by atoms with Gasteiger partial charge in [-0.05, 0) is 51.3 Å². The van der Waals surface area contributed by atoms with Crippen molar-refractivity contribution >= 4 is 5.96 Å².